The number of hydrogen-bond acceptors (Lipinski definition) is 1. The molecule has 2 heteroatoms. The average Bonchev–Trinajstić information content (AvgIpc) is 3.84. The molecule has 12 rings (SSSR count). The molecule has 0 bridgehead atoms. The molecule has 11 aromatic rings. The van der Waals surface area contributed by atoms with Crippen LogP contribution < -0.4 is 4.90 Å². The molecule has 2 aromatic heterocycles. The smallest absolute Gasteiger partial charge is 0.0714 e. The molecule has 0 atom stereocenters. The molecule has 0 amide bonds. The Hall–Kier alpha value is -7.94. The number of hydrogen-bond donors (Lipinski definition) is 0. The van der Waals surface area contributed by atoms with Crippen LogP contribution in [0.5, 0.6) is 0 Å². The number of para-hydroxylation sites is 1. The zero-order chi connectivity index (χ0) is 40.3. The Labute approximate surface area is 355 Å². The summed E-state index contributed by atoms with van der Waals surface area (Å²) in [6.45, 7) is 0. The second-order valence-electron chi connectivity index (χ2n) is 16.0. The normalized spacial score (nSPS) is 12.7. The van der Waals surface area contributed by atoms with E-state index in [2.05, 4.69) is 252 Å². The molecule has 0 saturated carbocycles. The third-order valence-corrected chi connectivity index (χ3v) is 12.8. The van der Waals surface area contributed by atoms with Gasteiger partial charge < -0.3 is 9.30 Å². The summed E-state index contributed by atoms with van der Waals surface area (Å²) in [4.78, 5) is 2.43. The SMILES string of the molecule is c1ccc(-c2c3c(-c4cccc(N(c5ccccc5)c5ccc6c(c5)C(c5ccccc5)(c5ccccc5)c5ccccc5-6)c4)cccc3n3ccc4ccccc4c23)cc1. The molecule has 2 heterocycles. The second kappa shape index (κ2) is 14.1. The van der Waals surface area contributed by atoms with Gasteiger partial charge in [0.2, 0.25) is 0 Å². The highest BCUT2D eigenvalue weighted by Crippen LogP contribution is 2.57. The molecular weight excluding hydrogens is 737 g/mol. The third-order valence-electron chi connectivity index (χ3n) is 12.8. The van der Waals surface area contributed by atoms with E-state index < -0.39 is 5.41 Å². The van der Waals surface area contributed by atoms with Crippen LogP contribution >= 0.6 is 0 Å². The zero-order valence-electron chi connectivity index (χ0n) is 33.5. The minimum Gasteiger partial charge on any atom is -0.315 e. The summed E-state index contributed by atoms with van der Waals surface area (Å²) in [6.07, 6.45) is 2.24. The molecule has 0 N–H and O–H groups in total. The maximum Gasteiger partial charge on any atom is 0.0714 e. The van der Waals surface area contributed by atoms with Gasteiger partial charge in [-0.25, -0.2) is 0 Å². The van der Waals surface area contributed by atoms with Gasteiger partial charge in [0.15, 0.2) is 0 Å². The first kappa shape index (κ1) is 35.0. The van der Waals surface area contributed by atoms with E-state index in [4.69, 9.17) is 0 Å². The second-order valence-corrected chi connectivity index (χ2v) is 16.0. The summed E-state index contributed by atoms with van der Waals surface area (Å²) in [5, 5.41) is 3.73. The van der Waals surface area contributed by atoms with E-state index in [1.54, 1.807) is 0 Å². The van der Waals surface area contributed by atoms with Gasteiger partial charge in [-0.15, -0.1) is 0 Å². The lowest BCUT2D eigenvalue weighted by Crippen LogP contribution is -2.28. The van der Waals surface area contributed by atoms with E-state index >= 15 is 0 Å². The van der Waals surface area contributed by atoms with E-state index in [-0.39, 0.29) is 0 Å². The van der Waals surface area contributed by atoms with Crippen molar-refractivity contribution in [2.75, 3.05) is 4.90 Å². The molecule has 286 valence electrons. The predicted octanol–water partition coefficient (Wildman–Crippen LogP) is 15.4. The minimum absolute atomic E-state index is 0.500. The molecule has 61 heavy (non-hydrogen) atoms. The topological polar surface area (TPSA) is 7.65 Å². The number of benzene rings is 9. The molecule has 0 aliphatic heterocycles. The summed E-state index contributed by atoms with van der Waals surface area (Å²) >= 11 is 0. The van der Waals surface area contributed by atoms with Gasteiger partial charge in [-0.05, 0) is 104 Å². The van der Waals surface area contributed by atoms with Crippen LogP contribution in [-0.4, -0.2) is 4.40 Å². The first-order valence-corrected chi connectivity index (χ1v) is 21.1. The first-order valence-electron chi connectivity index (χ1n) is 21.1. The van der Waals surface area contributed by atoms with Crippen LogP contribution in [-0.2, 0) is 5.41 Å². The zero-order valence-corrected chi connectivity index (χ0v) is 33.5. The van der Waals surface area contributed by atoms with E-state index in [9.17, 15) is 0 Å². The van der Waals surface area contributed by atoms with E-state index in [1.165, 1.54) is 77.3 Å². The van der Waals surface area contributed by atoms with Gasteiger partial charge in [-0.1, -0.05) is 188 Å². The fourth-order valence-corrected chi connectivity index (χ4v) is 10.3. The summed E-state index contributed by atoms with van der Waals surface area (Å²) in [6, 6.07) is 86.8. The van der Waals surface area contributed by atoms with Crippen LogP contribution in [0.1, 0.15) is 22.3 Å². The molecule has 0 spiro atoms. The largest absolute Gasteiger partial charge is 0.315 e. The molecule has 0 unspecified atom stereocenters. The van der Waals surface area contributed by atoms with Gasteiger partial charge >= 0.3 is 0 Å². The molecule has 2 nitrogen and oxygen atoms in total. The van der Waals surface area contributed by atoms with Crippen molar-refractivity contribution < 1.29 is 0 Å². The highest BCUT2D eigenvalue weighted by Gasteiger charge is 2.46. The van der Waals surface area contributed by atoms with Crippen molar-refractivity contribution in [1.82, 2.24) is 4.40 Å². The Bertz CT molecular complexity index is 3360. The Morgan fingerprint density at radius 1 is 0.377 bits per heavy atom. The van der Waals surface area contributed by atoms with Crippen molar-refractivity contribution in [3.8, 4) is 33.4 Å². The Balaban J connectivity index is 1.09. The highest BCUT2D eigenvalue weighted by molar-refractivity contribution is 6.18. The van der Waals surface area contributed by atoms with E-state index in [1.807, 2.05) is 0 Å². The van der Waals surface area contributed by atoms with Gasteiger partial charge in [0.25, 0.3) is 0 Å². The number of pyridine rings is 1. The number of anilines is 3. The van der Waals surface area contributed by atoms with Gasteiger partial charge in [-0.3, -0.25) is 0 Å². The van der Waals surface area contributed by atoms with Crippen molar-refractivity contribution >= 4 is 44.3 Å². The van der Waals surface area contributed by atoms with Crippen LogP contribution in [0.3, 0.4) is 0 Å². The Morgan fingerprint density at radius 3 is 1.72 bits per heavy atom. The Kier molecular flexibility index (Phi) is 8.11. The van der Waals surface area contributed by atoms with Gasteiger partial charge in [-0.2, -0.15) is 0 Å². The lowest BCUT2D eigenvalue weighted by Gasteiger charge is -2.35. The first-order chi connectivity index (χ1) is 30.3. The van der Waals surface area contributed by atoms with Crippen molar-refractivity contribution in [3.05, 3.63) is 265 Å². The fraction of sp³-hybridized carbons (Fsp3) is 0.0169. The number of nitrogens with zero attached hydrogens (tertiary/aromatic N) is 2. The van der Waals surface area contributed by atoms with Crippen molar-refractivity contribution in [2.45, 2.75) is 5.41 Å². The molecule has 9 aromatic carbocycles. The standard InChI is InChI=1S/C59H40N2/c1-5-20-42(21-6-1)56-57-49(32-18-34-55(57)60-38-37-41-19-13-14-30-50(41)58(56)60)43-22-17-29-47(39-43)61(46-27-11-4-12-28-46)48-35-36-52-51-31-15-16-33-53(51)59(54(52)40-48,44-23-7-2-8-24-44)45-25-9-3-10-26-45/h1-40H. The monoisotopic (exact) mass is 776 g/mol. The fourth-order valence-electron chi connectivity index (χ4n) is 10.3. The molecule has 1 aliphatic rings. The van der Waals surface area contributed by atoms with Gasteiger partial charge in [0, 0.05) is 39.6 Å². The maximum absolute atomic E-state index is 2.45. The predicted molar refractivity (Wildman–Crippen MR) is 255 cm³/mol. The quantitative estimate of drug-likeness (QED) is 0.156. The van der Waals surface area contributed by atoms with Crippen LogP contribution in [0.15, 0.2) is 243 Å². The molecule has 0 saturated heterocycles. The highest BCUT2D eigenvalue weighted by atomic mass is 15.1. The Morgan fingerprint density at radius 2 is 0.951 bits per heavy atom. The van der Waals surface area contributed by atoms with Crippen molar-refractivity contribution in [2.24, 2.45) is 0 Å². The summed E-state index contributed by atoms with van der Waals surface area (Å²) in [5.41, 5.74) is 17.7. The molecule has 0 radical (unpaired) electrons. The summed E-state index contributed by atoms with van der Waals surface area (Å²) < 4.78 is 2.39. The number of rotatable bonds is 7. The molecule has 1 aliphatic carbocycles. The van der Waals surface area contributed by atoms with Crippen molar-refractivity contribution in [1.29, 1.82) is 0 Å². The minimum atomic E-state index is -0.500. The molecule has 0 fully saturated rings. The third kappa shape index (κ3) is 5.36. The van der Waals surface area contributed by atoms with Crippen molar-refractivity contribution in [3.63, 3.8) is 0 Å². The lowest BCUT2D eigenvalue weighted by molar-refractivity contribution is 0.768. The van der Waals surface area contributed by atoms with Crippen LogP contribution in [0, 0.1) is 0 Å². The summed E-state index contributed by atoms with van der Waals surface area (Å²) in [5.74, 6) is 0. The van der Waals surface area contributed by atoms with Crippen LogP contribution in [0.25, 0.3) is 60.6 Å². The van der Waals surface area contributed by atoms with E-state index in [0.29, 0.717) is 0 Å². The number of aromatic nitrogens is 1. The van der Waals surface area contributed by atoms with Gasteiger partial charge in [0.1, 0.15) is 0 Å². The summed E-state index contributed by atoms with van der Waals surface area (Å²) in [7, 11) is 0. The molecular formula is C59H40N2. The lowest BCUT2D eigenvalue weighted by atomic mass is 9.67. The maximum atomic E-state index is 2.45. The number of fused-ring (bicyclic) bond motifs is 8. The van der Waals surface area contributed by atoms with Gasteiger partial charge in [0.05, 0.1) is 16.4 Å². The average molecular weight is 777 g/mol. The van der Waals surface area contributed by atoms with Crippen LogP contribution in [0.2, 0.25) is 0 Å². The van der Waals surface area contributed by atoms with Crippen LogP contribution in [0.4, 0.5) is 17.1 Å². The van der Waals surface area contributed by atoms with E-state index in [0.717, 1.165) is 22.6 Å².